The van der Waals surface area contributed by atoms with E-state index in [1.54, 1.807) is 7.11 Å². The minimum Gasteiger partial charge on any atom is -0.378 e. The van der Waals surface area contributed by atoms with Gasteiger partial charge in [-0.25, -0.2) is 4.98 Å². The molecule has 0 N–H and O–H groups in total. The summed E-state index contributed by atoms with van der Waals surface area (Å²) < 4.78 is 5.09. The first-order valence-corrected chi connectivity index (χ1v) is 7.66. The van der Waals surface area contributed by atoms with Gasteiger partial charge in [-0.15, -0.1) is 0 Å². The van der Waals surface area contributed by atoms with Gasteiger partial charge in [-0.2, -0.15) is 0 Å². The van der Waals surface area contributed by atoms with Gasteiger partial charge in [0.2, 0.25) is 0 Å². The van der Waals surface area contributed by atoms with Crippen molar-refractivity contribution in [2.24, 2.45) is 0 Å². The van der Waals surface area contributed by atoms with Crippen LogP contribution in [0.5, 0.6) is 0 Å². The van der Waals surface area contributed by atoms with Gasteiger partial charge >= 0.3 is 0 Å². The highest BCUT2D eigenvalue weighted by atomic mass is 32.1. The lowest BCUT2D eigenvalue weighted by atomic mass is 10.2. The second-order valence-electron chi connectivity index (χ2n) is 4.85. The van der Waals surface area contributed by atoms with Crippen molar-refractivity contribution in [3.05, 3.63) is 10.6 Å². The predicted octanol–water partition coefficient (Wildman–Crippen LogP) is 3.51. The summed E-state index contributed by atoms with van der Waals surface area (Å²) in [6.07, 6.45) is 4.46. The number of thiazole rings is 1. The fraction of sp³-hybridized carbons (Fsp3) is 0.714. The lowest BCUT2D eigenvalue weighted by molar-refractivity contribution is 0.112. The molecule has 0 fully saturated rings. The van der Waals surface area contributed by atoms with Gasteiger partial charge in [-0.3, -0.25) is 4.79 Å². The Morgan fingerprint density at radius 1 is 1.42 bits per heavy atom. The highest BCUT2D eigenvalue weighted by molar-refractivity contribution is 7.17. The molecule has 0 aromatic carbocycles. The standard InChI is InChI=1S/C14H24N2O2S/c1-5-6-7-8-16(11(2)3)14-15-12(10-18-4)13(9-17)19-14/h9,11H,5-8,10H2,1-4H3. The molecule has 1 aromatic heterocycles. The number of methoxy groups -OCH3 is 1. The fourth-order valence-electron chi connectivity index (χ4n) is 1.91. The van der Waals surface area contributed by atoms with E-state index in [2.05, 4.69) is 30.7 Å². The molecule has 5 heteroatoms. The molecule has 0 saturated heterocycles. The number of hydrogen-bond donors (Lipinski definition) is 0. The second kappa shape index (κ2) is 8.27. The largest absolute Gasteiger partial charge is 0.378 e. The van der Waals surface area contributed by atoms with Crippen LogP contribution < -0.4 is 4.90 Å². The number of unbranched alkanes of at least 4 members (excludes halogenated alkanes) is 2. The average molecular weight is 284 g/mol. The number of aldehydes is 1. The summed E-state index contributed by atoms with van der Waals surface area (Å²) >= 11 is 1.46. The van der Waals surface area contributed by atoms with Crippen molar-refractivity contribution in [2.45, 2.75) is 52.7 Å². The Labute approximate surface area is 119 Å². The molecule has 1 heterocycles. The molecule has 108 valence electrons. The fourth-order valence-corrected chi connectivity index (χ4v) is 2.95. The molecule has 0 radical (unpaired) electrons. The minimum atomic E-state index is 0.387. The average Bonchev–Trinajstić information content (AvgIpc) is 2.77. The number of aromatic nitrogens is 1. The number of carbonyl (C=O) groups excluding carboxylic acids is 1. The maximum Gasteiger partial charge on any atom is 0.186 e. The molecule has 0 saturated carbocycles. The molecule has 0 unspecified atom stereocenters. The lowest BCUT2D eigenvalue weighted by Crippen LogP contribution is -2.31. The zero-order valence-corrected chi connectivity index (χ0v) is 13.1. The Morgan fingerprint density at radius 2 is 2.16 bits per heavy atom. The van der Waals surface area contributed by atoms with Gasteiger partial charge in [0, 0.05) is 19.7 Å². The third-order valence-electron chi connectivity index (χ3n) is 2.98. The summed E-state index contributed by atoms with van der Waals surface area (Å²) in [6.45, 7) is 7.90. The van der Waals surface area contributed by atoms with Crippen molar-refractivity contribution in [3.63, 3.8) is 0 Å². The van der Waals surface area contributed by atoms with Crippen LogP contribution in [0.2, 0.25) is 0 Å². The number of ether oxygens (including phenoxy) is 1. The van der Waals surface area contributed by atoms with Crippen molar-refractivity contribution in [3.8, 4) is 0 Å². The monoisotopic (exact) mass is 284 g/mol. The maximum atomic E-state index is 11.1. The zero-order chi connectivity index (χ0) is 14.3. The van der Waals surface area contributed by atoms with Gasteiger partial charge in [0.05, 0.1) is 17.2 Å². The van der Waals surface area contributed by atoms with E-state index in [0.717, 1.165) is 30.1 Å². The zero-order valence-electron chi connectivity index (χ0n) is 12.3. The van der Waals surface area contributed by atoms with Gasteiger partial charge in [-0.05, 0) is 20.3 Å². The molecule has 0 aliphatic heterocycles. The number of nitrogens with zero attached hydrogens (tertiary/aromatic N) is 2. The van der Waals surface area contributed by atoms with Crippen LogP contribution in [-0.4, -0.2) is 31.0 Å². The van der Waals surface area contributed by atoms with E-state index in [-0.39, 0.29) is 0 Å². The Morgan fingerprint density at radius 3 is 2.68 bits per heavy atom. The summed E-state index contributed by atoms with van der Waals surface area (Å²) in [5.74, 6) is 0. The quantitative estimate of drug-likeness (QED) is 0.514. The molecule has 0 aliphatic rings. The number of rotatable bonds is 9. The molecule has 0 aliphatic carbocycles. The molecular formula is C14H24N2O2S. The molecule has 19 heavy (non-hydrogen) atoms. The smallest absolute Gasteiger partial charge is 0.186 e. The highest BCUT2D eigenvalue weighted by Gasteiger charge is 2.17. The Balaban J connectivity index is 2.86. The van der Waals surface area contributed by atoms with Gasteiger partial charge in [0.25, 0.3) is 0 Å². The molecular weight excluding hydrogens is 260 g/mol. The molecule has 4 nitrogen and oxygen atoms in total. The van der Waals surface area contributed by atoms with Gasteiger partial charge in [-0.1, -0.05) is 31.1 Å². The van der Waals surface area contributed by atoms with Crippen LogP contribution >= 0.6 is 11.3 Å². The summed E-state index contributed by atoms with van der Waals surface area (Å²) in [5.41, 5.74) is 0.749. The molecule has 0 amide bonds. The SMILES string of the molecule is CCCCCN(c1nc(COC)c(C=O)s1)C(C)C. The number of carbonyl (C=O) groups is 1. The van der Waals surface area contributed by atoms with E-state index < -0.39 is 0 Å². The van der Waals surface area contributed by atoms with E-state index in [0.29, 0.717) is 17.5 Å². The van der Waals surface area contributed by atoms with E-state index in [4.69, 9.17) is 4.74 Å². The number of hydrogen-bond acceptors (Lipinski definition) is 5. The van der Waals surface area contributed by atoms with Crippen LogP contribution in [0.4, 0.5) is 5.13 Å². The van der Waals surface area contributed by atoms with Crippen LogP contribution in [-0.2, 0) is 11.3 Å². The Kier molecular flexibility index (Phi) is 7.02. The van der Waals surface area contributed by atoms with E-state index in [9.17, 15) is 4.79 Å². The van der Waals surface area contributed by atoms with E-state index in [1.165, 1.54) is 24.2 Å². The van der Waals surface area contributed by atoms with Crippen molar-refractivity contribution in [1.29, 1.82) is 0 Å². The van der Waals surface area contributed by atoms with Crippen LogP contribution in [0.3, 0.4) is 0 Å². The van der Waals surface area contributed by atoms with Gasteiger partial charge in [0.15, 0.2) is 11.4 Å². The van der Waals surface area contributed by atoms with Crippen molar-refractivity contribution in [1.82, 2.24) is 4.98 Å². The number of anilines is 1. The molecule has 0 spiro atoms. The van der Waals surface area contributed by atoms with Crippen LogP contribution in [0.15, 0.2) is 0 Å². The second-order valence-corrected chi connectivity index (χ2v) is 5.86. The van der Waals surface area contributed by atoms with Crippen LogP contribution in [0, 0.1) is 0 Å². The maximum absolute atomic E-state index is 11.1. The minimum absolute atomic E-state index is 0.387. The first-order chi connectivity index (χ1) is 9.13. The topological polar surface area (TPSA) is 42.4 Å². The Bertz CT molecular complexity index is 391. The van der Waals surface area contributed by atoms with E-state index >= 15 is 0 Å². The lowest BCUT2D eigenvalue weighted by Gasteiger charge is -2.26. The molecule has 1 rings (SSSR count). The molecule has 0 atom stereocenters. The third kappa shape index (κ3) is 4.58. The van der Waals surface area contributed by atoms with Gasteiger partial charge in [0.1, 0.15) is 0 Å². The summed E-state index contributed by atoms with van der Waals surface area (Å²) in [4.78, 5) is 18.6. The normalized spacial score (nSPS) is 11.0. The summed E-state index contributed by atoms with van der Waals surface area (Å²) in [5, 5.41) is 0.931. The van der Waals surface area contributed by atoms with Crippen LogP contribution in [0.1, 0.15) is 55.4 Å². The first kappa shape index (κ1) is 16.1. The predicted molar refractivity (Wildman–Crippen MR) is 80.2 cm³/mol. The van der Waals surface area contributed by atoms with Crippen LogP contribution in [0.25, 0.3) is 0 Å². The van der Waals surface area contributed by atoms with E-state index in [1.807, 2.05) is 0 Å². The highest BCUT2D eigenvalue weighted by Crippen LogP contribution is 2.27. The summed E-state index contributed by atoms with van der Waals surface area (Å²) in [7, 11) is 1.62. The van der Waals surface area contributed by atoms with Gasteiger partial charge < -0.3 is 9.64 Å². The third-order valence-corrected chi connectivity index (χ3v) is 4.04. The molecule has 1 aromatic rings. The first-order valence-electron chi connectivity index (χ1n) is 6.84. The van der Waals surface area contributed by atoms with Crippen molar-refractivity contribution < 1.29 is 9.53 Å². The molecule has 0 bridgehead atoms. The van der Waals surface area contributed by atoms with Crippen molar-refractivity contribution in [2.75, 3.05) is 18.6 Å². The van der Waals surface area contributed by atoms with Crippen molar-refractivity contribution >= 4 is 22.8 Å². The Hall–Kier alpha value is -0.940. The summed E-state index contributed by atoms with van der Waals surface area (Å²) in [6, 6.07) is 0.387.